The molecule has 0 spiro atoms. The number of rotatable bonds is 4. The smallest absolute Gasteiger partial charge is 0.331 e. The molecule has 1 heterocycles. The second-order valence-electron chi connectivity index (χ2n) is 5.55. The Morgan fingerprint density at radius 2 is 1.87 bits per heavy atom. The maximum atomic E-state index is 12.1. The summed E-state index contributed by atoms with van der Waals surface area (Å²) in [5, 5.41) is 0. The zero-order valence-electron chi connectivity index (χ0n) is 13.2. The third kappa shape index (κ3) is 5.80. The number of benzene rings is 1. The molecule has 1 amide bonds. The summed E-state index contributed by atoms with van der Waals surface area (Å²) < 4.78 is 11.5. The van der Waals surface area contributed by atoms with Crippen molar-refractivity contribution in [3.63, 3.8) is 0 Å². The van der Waals surface area contributed by atoms with Gasteiger partial charge in [0.05, 0.1) is 12.2 Å². The van der Waals surface area contributed by atoms with Crippen LogP contribution in [-0.2, 0) is 19.1 Å². The third-order valence-electron chi connectivity index (χ3n) is 3.39. The summed E-state index contributed by atoms with van der Waals surface area (Å²) in [5.41, 5.74) is 0.882. The number of ether oxygens (including phenoxy) is 2. The van der Waals surface area contributed by atoms with Crippen molar-refractivity contribution in [2.75, 3.05) is 19.7 Å². The Kier molecular flexibility index (Phi) is 6.36. The quantitative estimate of drug-likeness (QED) is 0.594. The Hall–Kier alpha value is -1.66. The van der Waals surface area contributed by atoms with Crippen molar-refractivity contribution >= 4 is 33.9 Å². The molecular weight excluding hydrogens is 362 g/mol. The summed E-state index contributed by atoms with van der Waals surface area (Å²) in [6.07, 6.45) is 2.96. The molecule has 23 heavy (non-hydrogen) atoms. The van der Waals surface area contributed by atoms with Crippen LogP contribution >= 0.6 is 15.9 Å². The van der Waals surface area contributed by atoms with Gasteiger partial charge in [0.15, 0.2) is 6.61 Å². The second kappa shape index (κ2) is 8.26. The fraction of sp³-hybridized carbons (Fsp3) is 0.412. The Bertz CT molecular complexity index is 575. The fourth-order valence-electron chi connectivity index (χ4n) is 2.39. The highest BCUT2D eigenvalue weighted by Gasteiger charge is 2.26. The predicted octanol–water partition coefficient (Wildman–Crippen LogP) is 2.64. The molecule has 1 saturated heterocycles. The minimum absolute atomic E-state index is 0.00398. The molecule has 124 valence electrons. The molecule has 6 heteroatoms. The lowest BCUT2D eigenvalue weighted by Crippen LogP contribution is -2.49. The molecule has 2 rings (SSSR count). The molecule has 0 N–H and O–H groups in total. The van der Waals surface area contributed by atoms with Gasteiger partial charge in [0.25, 0.3) is 5.91 Å². The van der Waals surface area contributed by atoms with E-state index in [4.69, 9.17) is 9.47 Å². The minimum atomic E-state index is -0.532. The standard InChI is InChI=1S/C17H20BrNO4/c1-12-9-19(10-13(2)23-12)16(20)11-22-17(21)8-5-14-3-6-15(18)7-4-14/h3-8,12-13H,9-11H2,1-2H3/b8-5+/t12-,13-/m0/s1. The lowest BCUT2D eigenvalue weighted by atomic mass is 10.2. The van der Waals surface area contributed by atoms with E-state index in [9.17, 15) is 9.59 Å². The third-order valence-corrected chi connectivity index (χ3v) is 3.92. The first kappa shape index (κ1) is 17.7. The molecule has 1 fully saturated rings. The van der Waals surface area contributed by atoms with E-state index < -0.39 is 5.97 Å². The summed E-state index contributed by atoms with van der Waals surface area (Å²) in [7, 11) is 0. The van der Waals surface area contributed by atoms with Crippen LogP contribution in [-0.4, -0.2) is 48.7 Å². The van der Waals surface area contributed by atoms with Crippen molar-refractivity contribution in [2.24, 2.45) is 0 Å². The molecular formula is C17H20BrNO4. The van der Waals surface area contributed by atoms with Crippen LogP contribution in [0.15, 0.2) is 34.8 Å². The molecule has 5 nitrogen and oxygen atoms in total. The summed E-state index contributed by atoms with van der Waals surface area (Å²) in [6, 6.07) is 7.51. The molecule has 1 aromatic rings. The van der Waals surface area contributed by atoms with E-state index in [-0.39, 0.29) is 24.7 Å². The molecule has 0 radical (unpaired) electrons. The molecule has 1 aromatic carbocycles. The zero-order chi connectivity index (χ0) is 16.8. The van der Waals surface area contributed by atoms with Gasteiger partial charge in [-0.15, -0.1) is 0 Å². The number of carbonyl (C=O) groups is 2. The number of carbonyl (C=O) groups excluding carboxylic acids is 2. The molecule has 0 saturated carbocycles. The molecule has 0 aromatic heterocycles. The van der Waals surface area contributed by atoms with Crippen LogP contribution in [0.3, 0.4) is 0 Å². The number of halogens is 1. The summed E-state index contributed by atoms with van der Waals surface area (Å²) >= 11 is 3.35. The highest BCUT2D eigenvalue weighted by atomic mass is 79.9. The summed E-state index contributed by atoms with van der Waals surface area (Å²) in [5.74, 6) is -0.729. The van der Waals surface area contributed by atoms with Gasteiger partial charge in [0.1, 0.15) is 0 Å². The van der Waals surface area contributed by atoms with Gasteiger partial charge in [0.2, 0.25) is 0 Å². The Labute approximate surface area is 144 Å². The SMILES string of the molecule is C[C@H]1CN(C(=O)COC(=O)/C=C/c2ccc(Br)cc2)C[C@H](C)O1. The summed E-state index contributed by atoms with van der Waals surface area (Å²) in [6.45, 7) is 4.64. The van der Waals surface area contributed by atoms with Gasteiger partial charge in [-0.05, 0) is 37.6 Å². The van der Waals surface area contributed by atoms with Gasteiger partial charge in [-0.2, -0.15) is 0 Å². The monoisotopic (exact) mass is 381 g/mol. The van der Waals surface area contributed by atoms with Crippen molar-refractivity contribution in [1.29, 1.82) is 0 Å². The highest BCUT2D eigenvalue weighted by molar-refractivity contribution is 9.10. The van der Waals surface area contributed by atoms with E-state index >= 15 is 0 Å². The molecule has 0 bridgehead atoms. The lowest BCUT2D eigenvalue weighted by Gasteiger charge is -2.35. The van der Waals surface area contributed by atoms with Gasteiger partial charge in [-0.25, -0.2) is 4.79 Å². The molecule has 1 aliphatic rings. The fourth-order valence-corrected chi connectivity index (χ4v) is 2.66. The predicted molar refractivity (Wildman–Crippen MR) is 90.7 cm³/mol. The Balaban J connectivity index is 1.79. The largest absolute Gasteiger partial charge is 0.452 e. The van der Waals surface area contributed by atoms with E-state index in [2.05, 4.69) is 15.9 Å². The summed E-state index contributed by atoms with van der Waals surface area (Å²) in [4.78, 5) is 25.4. The maximum Gasteiger partial charge on any atom is 0.331 e. The maximum absolute atomic E-state index is 12.1. The van der Waals surface area contributed by atoms with Gasteiger partial charge < -0.3 is 14.4 Å². The van der Waals surface area contributed by atoms with Gasteiger partial charge >= 0.3 is 5.97 Å². The van der Waals surface area contributed by atoms with Crippen molar-refractivity contribution in [3.8, 4) is 0 Å². The Morgan fingerprint density at radius 1 is 1.26 bits per heavy atom. The van der Waals surface area contributed by atoms with Gasteiger partial charge in [0, 0.05) is 23.6 Å². The number of hydrogen-bond donors (Lipinski definition) is 0. The second-order valence-corrected chi connectivity index (χ2v) is 6.46. The van der Waals surface area contributed by atoms with Crippen molar-refractivity contribution in [2.45, 2.75) is 26.1 Å². The van der Waals surface area contributed by atoms with Crippen LogP contribution < -0.4 is 0 Å². The number of morpholine rings is 1. The Morgan fingerprint density at radius 3 is 2.48 bits per heavy atom. The number of hydrogen-bond acceptors (Lipinski definition) is 4. The average molecular weight is 382 g/mol. The molecule has 0 unspecified atom stereocenters. The van der Waals surface area contributed by atoms with Crippen molar-refractivity contribution in [3.05, 3.63) is 40.4 Å². The van der Waals surface area contributed by atoms with E-state index in [1.165, 1.54) is 6.08 Å². The molecule has 1 aliphatic heterocycles. The molecule has 2 atom stereocenters. The lowest BCUT2D eigenvalue weighted by molar-refractivity contribution is -0.154. The van der Waals surface area contributed by atoms with E-state index in [0.29, 0.717) is 13.1 Å². The topological polar surface area (TPSA) is 55.8 Å². The van der Waals surface area contributed by atoms with Crippen LogP contribution in [0, 0.1) is 0 Å². The van der Waals surface area contributed by atoms with Crippen LogP contribution in [0.5, 0.6) is 0 Å². The minimum Gasteiger partial charge on any atom is -0.452 e. The van der Waals surface area contributed by atoms with Crippen LogP contribution in [0.25, 0.3) is 6.08 Å². The van der Waals surface area contributed by atoms with E-state index in [1.54, 1.807) is 11.0 Å². The van der Waals surface area contributed by atoms with Gasteiger partial charge in [-0.3, -0.25) is 4.79 Å². The van der Waals surface area contributed by atoms with Crippen LogP contribution in [0.1, 0.15) is 19.4 Å². The number of nitrogens with zero attached hydrogens (tertiary/aromatic N) is 1. The van der Waals surface area contributed by atoms with Gasteiger partial charge in [-0.1, -0.05) is 28.1 Å². The van der Waals surface area contributed by atoms with E-state index in [1.807, 2.05) is 38.1 Å². The average Bonchev–Trinajstić information content (AvgIpc) is 2.51. The van der Waals surface area contributed by atoms with Crippen LogP contribution in [0.2, 0.25) is 0 Å². The highest BCUT2D eigenvalue weighted by Crippen LogP contribution is 2.12. The zero-order valence-corrected chi connectivity index (χ0v) is 14.8. The number of amides is 1. The molecule has 0 aliphatic carbocycles. The first-order chi connectivity index (χ1) is 10.9. The van der Waals surface area contributed by atoms with Crippen molar-refractivity contribution < 1.29 is 19.1 Å². The first-order valence-electron chi connectivity index (χ1n) is 7.47. The number of esters is 1. The van der Waals surface area contributed by atoms with Crippen molar-refractivity contribution in [1.82, 2.24) is 4.90 Å². The first-order valence-corrected chi connectivity index (χ1v) is 8.27. The normalized spacial score (nSPS) is 21.4. The van der Waals surface area contributed by atoms with Crippen LogP contribution in [0.4, 0.5) is 0 Å². The van der Waals surface area contributed by atoms with E-state index in [0.717, 1.165) is 10.0 Å².